The molecule has 98 heavy (non-hydrogen) atoms. The molecule has 524 valence electrons. The van der Waals surface area contributed by atoms with Crippen molar-refractivity contribution in [2.75, 3.05) is 0 Å². The first-order valence-corrected chi connectivity index (χ1v) is 36.1. The Morgan fingerprint density at radius 2 is 0.582 bits per heavy atom. The normalized spacial score (nSPS) is 20.9. The fourth-order valence-corrected chi connectivity index (χ4v) is 15.2. The predicted octanol–water partition coefficient (Wildman–Crippen LogP) is 28.9. The smallest absolute Gasteiger partial charge is 0.166 e. The first-order chi connectivity index (χ1) is 47.4. The van der Waals surface area contributed by atoms with Gasteiger partial charge in [-0.05, 0) is 284 Å². The van der Waals surface area contributed by atoms with E-state index in [0.29, 0.717) is 74.1 Å². The highest BCUT2D eigenvalue weighted by molar-refractivity contribution is 5.68. The Kier molecular flexibility index (Phi) is 27.6. The molecule has 0 heterocycles. The summed E-state index contributed by atoms with van der Waals surface area (Å²) in [6, 6.07) is 45.1. The lowest BCUT2D eigenvalue weighted by atomic mass is 9.77. The number of benzene rings is 8. The zero-order valence-electron chi connectivity index (χ0n) is 58.5. The van der Waals surface area contributed by atoms with Crippen molar-refractivity contribution in [1.29, 1.82) is 0 Å². The van der Waals surface area contributed by atoms with E-state index in [2.05, 4.69) is 106 Å². The van der Waals surface area contributed by atoms with Crippen LogP contribution in [0, 0.1) is 97.9 Å². The van der Waals surface area contributed by atoms with Gasteiger partial charge in [-0.2, -0.15) is 0 Å². The van der Waals surface area contributed by atoms with Crippen LogP contribution in [-0.4, -0.2) is 0 Å². The highest BCUT2D eigenvalue weighted by Crippen LogP contribution is 2.43. The highest BCUT2D eigenvalue weighted by Gasteiger charge is 2.27. The molecule has 8 heteroatoms. The van der Waals surface area contributed by atoms with E-state index < -0.39 is 46.5 Å². The summed E-state index contributed by atoms with van der Waals surface area (Å²) in [6.45, 7) is 18.2. The van der Waals surface area contributed by atoms with E-state index in [-0.39, 0.29) is 5.71 Å². The van der Waals surface area contributed by atoms with Gasteiger partial charge < -0.3 is 0 Å². The van der Waals surface area contributed by atoms with Gasteiger partial charge in [0.25, 0.3) is 0 Å². The minimum Gasteiger partial charge on any atom is -0.203 e. The Morgan fingerprint density at radius 1 is 0.316 bits per heavy atom. The Balaban J connectivity index is 0.000000242. The first kappa shape index (κ1) is 74.4. The third kappa shape index (κ3) is 19.3. The Hall–Kier alpha value is -7.84. The van der Waals surface area contributed by atoms with E-state index in [0.717, 1.165) is 46.4 Å². The third-order valence-corrected chi connectivity index (χ3v) is 21.7. The van der Waals surface area contributed by atoms with E-state index >= 15 is 0 Å². The molecule has 0 unspecified atom stereocenters. The monoisotopic (exact) mass is 1340 g/mol. The zero-order valence-corrected chi connectivity index (χ0v) is 58.5. The second-order valence-corrected chi connectivity index (χ2v) is 28.2. The molecule has 4 fully saturated rings. The van der Waals surface area contributed by atoms with Gasteiger partial charge in [-0.15, -0.1) is 13.2 Å². The molecule has 0 N–H and O–H groups in total. The number of rotatable bonds is 16. The average Bonchev–Trinajstić information content (AvgIpc) is 0.827. The van der Waals surface area contributed by atoms with Crippen LogP contribution in [0.1, 0.15) is 216 Å². The fraction of sp³-hybridized carbons (Fsp3) is 0.378. The van der Waals surface area contributed by atoms with E-state index in [1.54, 1.807) is 76.2 Å². The molecule has 0 saturated heterocycles. The van der Waals surface area contributed by atoms with Crippen molar-refractivity contribution in [2.45, 2.75) is 194 Å². The van der Waals surface area contributed by atoms with Crippen molar-refractivity contribution in [1.82, 2.24) is 0 Å². The van der Waals surface area contributed by atoms with Crippen LogP contribution >= 0.6 is 0 Å². The van der Waals surface area contributed by atoms with Gasteiger partial charge in [-0.3, -0.25) is 0 Å². The van der Waals surface area contributed by atoms with Crippen LogP contribution in [0.25, 0.3) is 44.5 Å². The molecule has 0 aromatic heterocycles. The molecule has 0 atom stereocenters. The lowest BCUT2D eigenvalue weighted by Crippen LogP contribution is -2.13. The Labute approximate surface area is 586 Å². The molecule has 0 nitrogen and oxygen atoms in total. The second-order valence-electron chi connectivity index (χ2n) is 28.2. The van der Waals surface area contributed by atoms with Crippen molar-refractivity contribution >= 4 is 0 Å². The van der Waals surface area contributed by atoms with Crippen LogP contribution in [-0.2, 0) is 0 Å². The van der Waals surface area contributed by atoms with E-state index in [1.807, 2.05) is 54.6 Å². The number of aryl methyl sites for hydroxylation is 4. The number of allylic oxidation sites excluding steroid dienone is 6. The van der Waals surface area contributed by atoms with Gasteiger partial charge in [0.05, 0.1) is 0 Å². The molecule has 4 aliphatic rings. The van der Waals surface area contributed by atoms with Crippen LogP contribution in [0.5, 0.6) is 0 Å². The minimum absolute atomic E-state index is 0. The van der Waals surface area contributed by atoms with Crippen LogP contribution in [0.15, 0.2) is 195 Å². The first-order valence-electron chi connectivity index (χ1n) is 36.1. The molecule has 4 aliphatic carbocycles. The fourth-order valence-electron chi connectivity index (χ4n) is 15.2. The summed E-state index contributed by atoms with van der Waals surface area (Å²) in [5, 5.41) is 0. The largest absolute Gasteiger partial charge is 0.203 e. The van der Waals surface area contributed by atoms with Gasteiger partial charge in [0.15, 0.2) is 46.5 Å². The maximum absolute atomic E-state index is 14.2. The molecule has 0 amide bonds. The lowest BCUT2D eigenvalue weighted by molar-refractivity contribution is 0.312. The van der Waals surface area contributed by atoms with Crippen molar-refractivity contribution in [3.63, 3.8) is 0 Å². The predicted molar refractivity (Wildman–Crippen MR) is 402 cm³/mol. The Bertz CT molecular complexity index is 3940. The molecular weight excluding hydrogens is 1230 g/mol. The molecule has 0 radical (unpaired) electrons. The lowest BCUT2D eigenvalue weighted by Gasteiger charge is -2.28. The summed E-state index contributed by atoms with van der Waals surface area (Å²) >= 11 is 0. The zero-order chi connectivity index (χ0) is 69.8. The van der Waals surface area contributed by atoms with Gasteiger partial charge in [-0.1, -0.05) is 182 Å². The quantitative estimate of drug-likeness (QED) is 0.0668. The van der Waals surface area contributed by atoms with E-state index in [9.17, 15) is 35.1 Å². The minimum atomic E-state index is -0.760. The van der Waals surface area contributed by atoms with Gasteiger partial charge in [0.1, 0.15) is 0 Å². The van der Waals surface area contributed by atoms with Crippen LogP contribution in [0.3, 0.4) is 0 Å². The van der Waals surface area contributed by atoms with Crippen LogP contribution < -0.4 is 0 Å². The van der Waals surface area contributed by atoms with Crippen LogP contribution in [0.2, 0.25) is 0 Å². The SMILES string of the molecule is C/C=C/C1CCC(c2ccc(-c3ccc(C)c(F)c3F)cc2)CC1.C/C=C/CCC1CCC(c2ccc(-c3ccc(C)c(F)c3F)cc2)CC1.C=CC1CCC(c2ccc(-c3ccc(C)c(F)c3F)cc2)CC1.C=CCCC1CCC(c2ccc(-c3ccc(C)c(F)c3F)cc2)CC1.[HH].[HH].[HH].[HH]. The number of halogens is 8. The van der Waals surface area contributed by atoms with Gasteiger partial charge in [-0.25, -0.2) is 35.1 Å². The Morgan fingerprint density at radius 3 is 0.837 bits per heavy atom. The maximum atomic E-state index is 14.2. The molecular formula is C90H108F8. The molecule has 12 rings (SSSR count). The maximum Gasteiger partial charge on any atom is 0.166 e. The molecule has 8 aromatic carbocycles. The molecule has 0 aliphatic heterocycles. The second kappa shape index (κ2) is 36.3. The van der Waals surface area contributed by atoms with Crippen molar-refractivity contribution < 1.29 is 40.8 Å². The summed E-state index contributed by atoms with van der Waals surface area (Å²) in [5.74, 6) is -0.630. The number of hydrogen-bond donors (Lipinski definition) is 0. The van der Waals surface area contributed by atoms with Gasteiger partial charge in [0, 0.05) is 28.0 Å². The number of hydrogen-bond acceptors (Lipinski definition) is 0. The standard InChI is InChI=1S/C24H28F2.C23H26F2.C22H24F2.C21H22F2.4H2/c1-3-4-5-6-18-8-10-19(11-9-18)20-12-14-21(15-13-20)22-16-7-17(2)23(25)24(22)26;1-3-4-5-17-7-9-18(10-8-17)19-11-13-20(14-12-19)21-15-6-16(2)22(24)23(21)25;1-3-4-16-6-8-17(9-7-16)18-10-12-19(13-11-18)20-14-5-15(2)21(23)22(20)24;1-3-15-5-7-16(8-6-15)17-9-11-18(12-10-17)19-13-4-14(2)20(22)21(19)23;;;;/h3-4,7,12-16,18-19H,5-6,8-11H2,1-2H3;3,6,11-15,17-18H,1,4-5,7-10H2,2H3;3-5,10-14,16-17H,6-9H2,1-2H3;3-4,9-13,15-16H,1,5-8H2,2H3;4*1H/b4-3+;;4-3+;;;;;. The molecule has 0 bridgehead atoms. The van der Waals surface area contributed by atoms with E-state index in [4.69, 9.17) is 0 Å². The van der Waals surface area contributed by atoms with Gasteiger partial charge >= 0.3 is 0 Å². The summed E-state index contributed by atoms with van der Waals surface area (Å²) in [7, 11) is 0. The third-order valence-electron chi connectivity index (χ3n) is 21.7. The van der Waals surface area contributed by atoms with Gasteiger partial charge in [0.2, 0.25) is 0 Å². The highest BCUT2D eigenvalue weighted by atomic mass is 19.2. The van der Waals surface area contributed by atoms with Crippen molar-refractivity contribution in [3.05, 3.63) is 286 Å². The molecule has 0 spiro atoms. The summed E-state index contributed by atoms with van der Waals surface area (Å²) in [4.78, 5) is 0. The topological polar surface area (TPSA) is 0 Å². The summed E-state index contributed by atoms with van der Waals surface area (Å²) in [6.07, 6.45) is 37.4. The molecule has 8 aromatic rings. The summed E-state index contributed by atoms with van der Waals surface area (Å²) in [5.41, 5.74) is 10.9. The van der Waals surface area contributed by atoms with E-state index in [1.165, 1.54) is 144 Å². The van der Waals surface area contributed by atoms with Crippen molar-refractivity contribution in [2.24, 2.45) is 23.7 Å². The summed E-state index contributed by atoms with van der Waals surface area (Å²) < 4.78 is 112. The average molecular weight is 1340 g/mol. The van der Waals surface area contributed by atoms with Crippen LogP contribution in [0.4, 0.5) is 35.1 Å². The van der Waals surface area contributed by atoms with Crippen molar-refractivity contribution in [3.8, 4) is 44.5 Å². The molecule has 4 saturated carbocycles.